The molecule has 0 N–H and O–H groups in total. The predicted molar refractivity (Wildman–Crippen MR) is 127 cm³/mol. The van der Waals surface area contributed by atoms with Gasteiger partial charge in [0.2, 0.25) is 5.95 Å². The van der Waals surface area contributed by atoms with Crippen LogP contribution in [0, 0.1) is 45.1 Å². The molecule has 0 aliphatic rings. The van der Waals surface area contributed by atoms with Gasteiger partial charge in [0.15, 0.2) is 0 Å². The van der Waals surface area contributed by atoms with Crippen molar-refractivity contribution in [3.05, 3.63) is 81.7 Å². The number of nitriles is 1. The van der Waals surface area contributed by atoms with Crippen LogP contribution in [0.15, 0.2) is 36.4 Å². The van der Waals surface area contributed by atoms with Gasteiger partial charge < -0.3 is 15.5 Å². The summed E-state index contributed by atoms with van der Waals surface area (Å²) in [6.07, 6.45) is 0.968. The van der Waals surface area contributed by atoms with E-state index in [-0.39, 0.29) is 32.7 Å². The van der Waals surface area contributed by atoms with Crippen LogP contribution in [0.2, 0.25) is 0 Å². The molecule has 0 fully saturated rings. The zero-order valence-corrected chi connectivity index (χ0v) is 23.3. The molecule has 32 heavy (non-hydrogen) atoms. The summed E-state index contributed by atoms with van der Waals surface area (Å²) < 4.78 is 12.7. The van der Waals surface area contributed by atoms with E-state index in [2.05, 4.69) is 50.0 Å². The third-order valence-corrected chi connectivity index (χ3v) is 6.01. The van der Waals surface area contributed by atoms with Crippen molar-refractivity contribution in [3.8, 4) is 6.07 Å². The van der Waals surface area contributed by atoms with Crippen molar-refractivity contribution in [2.75, 3.05) is 24.5 Å². The molecule has 5 nitrogen and oxygen atoms in total. The van der Waals surface area contributed by atoms with Crippen LogP contribution in [-0.2, 0) is 43.7 Å². The first-order chi connectivity index (χ1) is 14.6. The Kier molecular flexibility index (Phi) is 8.94. The number of aromatic nitrogens is 2. The Morgan fingerprint density at radius 2 is 1.62 bits per heavy atom. The second-order valence-electron chi connectivity index (χ2n) is 8.54. The molecule has 1 aromatic heterocycles. The third-order valence-electron chi connectivity index (χ3n) is 5.04. The first kappa shape index (κ1) is 26.4. The van der Waals surface area contributed by atoms with E-state index in [0.717, 1.165) is 17.1 Å². The van der Waals surface area contributed by atoms with Gasteiger partial charge in [0.1, 0.15) is 7.14 Å². The van der Waals surface area contributed by atoms with Gasteiger partial charge in [-0.15, -0.1) is 11.4 Å². The van der Waals surface area contributed by atoms with E-state index in [1.807, 2.05) is 24.0 Å². The number of nitrogens with zero attached hydrogens (tertiary/aromatic N) is 4. The van der Waals surface area contributed by atoms with Crippen molar-refractivity contribution in [2.24, 2.45) is 0 Å². The van der Waals surface area contributed by atoms with Gasteiger partial charge in [-0.25, -0.2) is 0 Å². The number of aryl methyl sites for hydroxylation is 4. The van der Waals surface area contributed by atoms with Crippen molar-refractivity contribution < 1.29 is 37.3 Å². The number of benzene rings is 2. The van der Waals surface area contributed by atoms with Gasteiger partial charge >= 0.3 is 0 Å². The summed E-state index contributed by atoms with van der Waals surface area (Å²) in [5.74, 6) is 0.502. The van der Waals surface area contributed by atoms with Crippen molar-refractivity contribution in [1.29, 1.82) is 5.26 Å². The second-order valence-corrected chi connectivity index (χ2v) is 12.0. The molecule has 3 rings (SSSR count). The molecule has 163 valence electrons. The van der Waals surface area contributed by atoms with Crippen LogP contribution in [-0.4, -0.2) is 29.6 Å². The average Bonchev–Trinajstić information content (AvgIpc) is 2.68. The van der Waals surface area contributed by atoms with Crippen LogP contribution >= 0.6 is 7.14 Å². The maximum absolute atomic E-state index is 12.7. The van der Waals surface area contributed by atoms with Gasteiger partial charge in [0, 0.05) is 38.4 Å². The van der Waals surface area contributed by atoms with Crippen LogP contribution in [0.1, 0.15) is 39.2 Å². The maximum Gasteiger partial charge on any atom is 0.225 e. The van der Waals surface area contributed by atoms with Crippen LogP contribution < -0.4 is 4.90 Å². The van der Waals surface area contributed by atoms with Crippen LogP contribution in [0.5, 0.6) is 0 Å². The minimum atomic E-state index is -2.42. The molecule has 0 saturated carbocycles. The first-order valence-corrected chi connectivity index (χ1v) is 13.0. The molecular weight excluding hydrogens is 492 g/mol. The molecule has 0 amide bonds. The van der Waals surface area contributed by atoms with Crippen molar-refractivity contribution in [3.63, 3.8) is 0 Å². The minimum Gasteiger partial charge on any atom is -0.426 e. The molecule has 7 heteroatoms. The summed E-state index contributed by atoms with van der Waals surface area (Å²) in [7, 11) is -2.42. The summed E-state index contributed by atoms with van der Waals surface area (Å²) >= 11 is 0. The fourth-order valence-electron chi connectivity index (χ4n) is 3.74. The molecule has 3 aromatic rings. The molecule has 0 saturated heterocycles. The van der Waals surface area contributed by atoms with Gasteiger partial charge in [-0.05, 0) is 81.5 Å². The zero-order chi connectivity index (χ0) is 22.8. The SMILES string of the molecule is Cc1cc(C)c(Cc2[c-]c(C)nc(N(CP(C)(C)=O)c3ccc(C#N)cc3)n2)c(C)c1.[Y]. The Labute approximate surface area is 216 Å². The van der Waals surface area contributed by atoms with Crippen molar-refractivity contribution in [1.82, 2.24) is 9.97 Å². The number of rotatable bonds is 6. The summed E-state index contributed by atoms with van der Waals surface area (Å²) in [5, 5.41) is 9.11. The molecule has 0 atom stereocenters. The zero-order valence-electron chi connectivity index (χ0n) is 19.6. The quantitative estimate of drug-likeness (QED) is 0.309. The Morgan fingerprint density at radius 3 is 2.16 bits per heavy atom. The normalized spacial score (nSPS) is 10.9. The van der Waals surface area contributed by atoms with Crippen LogP contribution in [0.25, 0.3) is 0 Å². The Bertz CT molecular complexity index is 1170. The molecule has 0 aliphatic carbocycles. The van der Waals surface area contributed by atoms with E-state index in [4.69, 9.17) is 10.2 Å². The minimum absolute atomic E-state index is 0. The molecule has 0 spiro atoms. The predicted octanol–water partition coefficient (Wildman–Crippen LogP) is 5.69. The second kappa shape index (κ2) is 10.8. The fourth-order valence-corrected chi connectivity index (χ4v) is 4.71. The largest absolute Gasteiger partial charge is 0.426 e. The summed E-state index contributed by atoms with van der Waals surface area (Å²) in [4.78, 5) is 11.3. The molecule has 1 radical (unpaired) electrons. The van der Waals surface area contributed by atoms with E-state index >= 15 is 0 Å². The van der Waals surface area contributed by atoms with E-state index in [0.29, 0.717) is 24.2 Å². The molecular formula is C25H28N4OPY-. The van der Waals surface area contributed by atoms with Gasteiger partial charge in [0.25, 0.3) is 0 Å². The van der Waals surface area contributed by atoms with Crippen LogP contribution in [0.3, 0.4) is 0 Å². The standard InChI is InChI=1S/C25H28N4OP.Y/c1-17-11-18(2)24(19(3)12-17)14-22-13-20(4)27-25(28-22)29(16-31(5,6)30)23-9-7-21(15-26)8-10-23;/h7-12H,14,16H2,1-6H3;/q-1;. The van der Waals surface area contributed by atoms with E-state index < -0.39 is 7.14 Å². The Balaban J connectivity index is 0.00000363. The van der Waals surface area contributed by atoms with E-state index in [9.17, 15) is 4.57 Å². The molecule has 1 heterocycles. The van der Waals surface area contributed by atoms with Gasteiger partial charge in [-0.2, -0.15) is 5.26 Å². The number of hydrogen-bond acceptors (Lipinski definition) is 5. The summed E-state index contributed by atoms with van der Waals surface area (Å²) in [6, 6.07) is 17.0. The fraction of sp³-hybridized carbons (Fsp3) is 0.320. The summed E-state index contributed by atoms with van der Waals surface area (Å²) in [6.45, 7) is 11.8. The molecule has 2 aromatic carbocycles. The van der Waals surface area contributed by atoms with Gasteiger partial charge in [0.05, 0.1) is 17.9 Å². The van der Waals surface area contributed by atoms with Gasteiger partial charge in [-0.3, -0.25) is 9.97 Å². The Hall–Kier alpha value is -1.86. The Morgan fingerprint density at radius 1 is 1.03 bits per heavy atom. The van der Waals surface area contributed by atoms with Gasteiger partial charge in [-0.1, -0.05) is 24.6 Å². The summed E-state index contributed by atoms with van der Waals surface area (Å²) in [5.41, 5.74) is 7.88. The average molecular weight is 520 g/mol. The molecule has 0 bridgehead atoms. The number of anilines is 2. The van der Waals surface area contributed by atoms with Crippen molar-refractivity contribution >= 4 is 18.8 Å². The number of hydrogen-bond donors (Lipinski definition) is 0. The smallest absolute Gasteiger partial charge is 0.225 e. The molecule has 0 unspecified atom stereocenters. The van der Waals surface area contributed by atoms with Crippen LogP contribution in [0.4, 0.5) is 11.6 Å². The first-order valence-electron chi connectivity index (χ1n) is 10.2. The van der Waals surface area contributed by atoms with E-state index in [1.54, 1.807) is 25.5 Å². The molecule has 0 aliphatic heterocycles. The third kappa shape index (κ3) is 6.82. The monoisotopic (exact) mass is 520 g/mol. The van der Waals surface area contributed by atoms with E-state index in [1.165, 1.54) is 22.3 Å². The van der Waals surface area contributed by atoms with Crippen molar-refractivity contribution in [2.45, 2.75) is 34.1 Å². The topological polar surface area (TPSA) is 69.9 Å². The maximum atomic E-state index is 12.7.